The molecule has 0 unspecified atom stereocenters. The summed E-state index contributed by atoms with van der Waals surface area (Å²) in [5.41, 5.74) is 5.69. The highest BCUT2D eigenvalue weighted by Gasteiger charge is 2.13. The van der Waals surface area contributed by atoms with Gasteiger partial charge in [0.15, 0.2) is 0 Å². The van der Waals surface area contributed by atoms with E-state index in [0.717, 1.165) is 35.6 Å². The van der Waals surface area contributed by atoms with Gasteiger partial charge in [-0.15, -0.1) is 0 Å². The Hall–Kier alpha value is -3.14. The van der Waals surface area contributed by atoms with Crippen LogP contribution in [0.15, 0.2) is 67.0 Å². The molecule has 138 valence electrons. The Balaban J connectivity index is 1.80. The lowest BCUT2D eigenvalue weighted by atomic mass is 10.1. The van der Waals surface area contributed by atoms with E-state index in [1.54, 1.807) is 6.20 Å². The molecule has 2 aromatic carbocycles. The Labute approximate surface area is 160 Å². The molecule has 0 bridgehead atoms. The molecule has 0 aliphatic rings. The predicted octanol–water partition coefficient (Wildman–Crippen LogP) is 4.98. The summed E-state index contributed by atoms with van der Waals surface area (Å²) in [4.78, 5) is 19.3. The molecular formula is C23H25N3O. The highest BCUT2D eigenvalue weighted by atomic mass is 16.1. The number of hydrogen-bond acceptors (Lipinski definition) is 3. The molecule has 0 aliphatic carbocycles. The Morgan fingerprint density at radius 2 is 1.70 bits per heavy atom. The first kappa shape index (κ1) is 18.6. The summed E-state index contributed by atoms with van der Waals surface area (Å²) >= 11 is 0. The molecular weight excluding hydrogens is 334 g/mol. The molecule has 0 saturated heterocycles. The average molecular weight is 359 g/mol. The van der Waals surface area contributed by atoms with Gasteiger partial charge in [-0.3, -0.25) is 9.78 Å². The first-order chi connectivity index (χ1) is 13.1. The molecule has 3 aromatic rings. The third-order valence-corrected chi connectivity index (χ3v) is 4.67. The summed E-state index contributed by atoms with van der Waals surface area (Å²) in [5.74, 6) is -0.141. The van der Waals surface area contributed by atoms with E-state index in [1.807, 2.05) is 62.5 Å². The fourth-order valence-corrected chi connectivity index (χ4v) is 3.11. The van der Waals surface area contributed by atoms with Crippen LogP contribution in [0.2, 0.25) is 0 Å². The van der Waals surface area contributed by atoms with Gasteiger partial charge in [-0.1, -0.05) is 48.5 Å². The van der Waals surface area contributed by atoms with Crippen molar-refractivity contribution in [3.63, 3.8) is 0 Å². The van der Waals surface area contributed by atoms with Crippen LogP contribution in [0.25, 0.3) is 0 Å². The van der Waals surface area contributed by atoms with Crippen molar-refractivity contribution in [3.05, 3.63) is 89.2 Å². The second-order valence-electron chi connectivity index (χ2n) is 6.65. The van der Waals surface area contributed by atoms with Gasteiger partial charge in [0.25, 0.3) is 5.91 Å². The number of benzene rings is 2. The van der Waals surface area contributed by atoms with Gasteiger partial charge in [0, 0.05) is 25.0 Å². The third kappa shape index (κ3) is 4.53. The first-order valence-electron chi connectivity index (χ1n) is 9.20. The number of nitrogens with zero attached hydrogens (tertiary/aromatic N) is 2. The quantitative estimate of drug-likeness (QED) is 0.675. The minimum Gasteiger partial charge on any atom is -0.366 e. The highest BCUT2D eigenvalue weighted by Crippen LogP contribution is 2.22. The molecule has 0 saturated carbocycles. The number of carbonyl (C=O) groups excluding carboxylic acids is 1. The van der Waals surface area contributed by atoms with E-state index < -0.39 is 0 Å². The Morgan fingerprint density at radius 1 is 1.00 bits per heavy atom. The zero-order valence-corrected chi connectivity index (χ0v) is 16.1. The molecule has 4 nitrogen and oxygen atoms in total. The van der Waals surface area contributed by atoms with Crippen molar-refractivity contribution in [3.8, 4) is 0 Å². The van der Waals surface area contributed by atoms with E-state index >= 15 is 0 Å². The van der Waals surface area contributed by atoms with Crippen molar-refractivity contribution in [1.82, 2.24) is 4.98 Å². The molecule has 1 aromatic heterocycles. The van der Waals surface area contributed by atoms with Crippen LogP contribution in [0.4, 0.5) is 11.4 Å². The summed E-state index contributed by atoms with van der Waals surface area (Å²) < 4.78 is 0. The van der Waals surface area contributed by atoms with Gasteiger partial charge in [-0.25, -0.2) is 0 Å². The van der Waals surface area contributed by atoms with Crippen LogP contribution >= 0.6 is 0 Å². The Morgan fingerprint density at radius 3 is 2.37 bits per heavy atom. The largest absolute Gasteiger partial charge is 0.366 e. The zero-order valence-electron chi connectivity index (χ0n) is 16.1. The van der Waals surface area contributed by atoms with Gasteiger partial charge in [0.05, 0.1) is 17.4 Å². The van der Waals surface area contributed by atoms with Crippen LogP contribution in [0.1, 0.15) is 34.0 Å². The molecule has 1 heterocycles. The Bertz CT molecular complexity index is 902. The standard InChI is InChI=1S/C23H25N3O/c1-4-26(16-19-11-6-5-7-12-19)21-13-20(14-24-15-21)23(27)25-22-17(2)9-8-10-18(22)3/h5-15H,4,16H2,1-3H3,(H,25,27). The minimum atomic E-state index is -0.141. The number of para-hydroxylation sites is 1. The van der Waals surface area contributed by atoms with Gasteiger partial charge < -0.3 is 10.2 Å². The maximum Gasteiger partial charge on any atom is 0.257 e. The average Bonchev–Trinajstić information content (AvgIpc) is 2.70. The van der Waals surface area contributed by atoms with Crippen molar-refractivity contribution in [2.45, 2.75) is 27.3 Å². The lowest BCUT2D eigenvalue weighted by Crippen LogP contribution is -2.23. The molecule has 0 spiro atoms. The van der Waals surface area contributed by atoms with Crippen molar-refractivity contribution >= 4 is 17.3 Å². The van der Waals surface area contributed by atoms with E-state index in [2.05, 4.69) is 34.3 Å². The van der Waals surface area contributed by atoms with E-state index in [1.165, 1.54) is 5.56 Å². The lowest BCUT2D eigenvalue weighted by molar-refractivity contribution is 0.102. The minimum absolute atomic E-state index is 0.141. The van der Waals surface area contributed by atoms with Crippen molar-refractivity contribution in [2.75, 3.05) is 16.8 Å². The van der Waals surface area contributed by atoms with Gasteiger partial charge in [0.2, 0.25) is 0 Å². The summed E-state index contributed by atoms with van der Waals surface area (Å²) in [6.07, 6.45) is 3.42. The summed E-state index contributed by atoms with van der Waals surface area (Å²) in [7, 11) is 0. The normalized spacial score (nSPS) is 10.5. The molecule has 27 heavy (non-hydrogen) atoms. The van der Waals surface area contributed by atoms with Crippen molar-refractivity contribution < 1.29 is 4.79 Å². The maximum absolute atomic E-state index is 12.8. The number of aromatic nitrogens is 1. The molecule has 0 aliphatic heterocycles. The SMILES string of the molecule is CCN(Cc1ccccc1)c1cncc(C(=O)Nc2c(C)cccc2C)c1. The fraction of sp³-hybridized carbons (Fsp3) is 0.217. The van der Waals surface area contributed by atoms with E-state index in [-0.39, 0.29) is 5.91 Å². The second kappa shape index (κ2) is 8.49. The lowest BCUT2D eigenvalue weighted by Gasteiger charge is -2.23. The number of amides is 1. The highest BCUT2D eigenvalue weighted by molar-refractivity contribution is 6.05. The van der Waals surface area contributed by atoms with Crippen LogP contribution in [0, 0.1) is 13.8 Å². The summed E-state index contributed by atoms with van der Waals surface area (Å²) in [5, 5.41) is 3.03. The molecule has 0 fully saturated rings. The van der Waals surface area contributed by atoms with Gasteiger partial charge in [-0.05, 0) is 43.5 Å². The molecule has 0 atom stereocenters. The number of nitrogens with one attached hydrogen (secondary N) is 1. The van der Waals surface area contributed by atoms with Crippen LogP contribution in [0.3, 0.4) is 0 Å². The predicted molar refractivity (Wildman–Crippen MR) is 111 cm³/mol. The maximum atomic E-state index is 12.8. The number of aryl methyl sites for hydroxylation is 2. The number of rotatable bonds is 6. The zero-order chi connectivity index (χ0) is 19.2. The van der Waals surface area contributed by atoms with Crippen LogP contribution < -0.4 is 10.2 Å². The topological polar surface area (TPSA) is 45.2 Å². The fourth-order valence-electron chi connectivity index (χ4n) is 3.11. The first-order valence-corrected chi connectivity index (χ1v) is 9.20. The van der Waals surface area contributed by atoms with Gasteiger partial charge in [0.1, 0.15) is 0 Å². The second-order valence-corrected chi connectivity index (χ2v) is 6.65. The van der Waals surface area contributed by atoms with Crippen LogP contribution in [-0.4, -0.2) is 17.4 Å². The van der Waals surface area contributed by atoms with E-state index in [0.29, 0.717) is 5.56 Å². The van der Waals surface area contributed by atoms with E-state index in [4.69, 9.17) is 0 Å². The molecule has 1 N–H and O–H groups in total. The number of hydrogen-bond donors (Lipinski definition) is 1. The third-order valence-electron chi connectivity index (χ3n) is 4.67. The summed E-state index contributed by atoms with van der Waals surface area (Å²) in [6.45, 7) is 7.71. The molecule has 0 radical (unpaired) electrons. The van der Waals surface area contributed by atoms with Gasteiger partial charge in [-0.2, -0.15) is 0 Å². The molecule has 3 rings (SSSR count). The van der Waals surface area contributed by atoms with E-state index in [9.17, 15) is 4.79 Å². The van der Waals surface area contributed by atoms with Gasteiger partial charge >= 0.3 is 0 Å². The van der Waals surface area contributed by atoms with Crippen LogP contribution in [0.5, 0.6) is 0 Å². The Kier molecular flexibility index (Phi) is 5.87. The number of pyridine rings is 1. The number of anilines is 2. The van der Waals surface area contributed by atoms with Crippen molar-refractivity contribution in [2.24, 2.45) is 0 Å². The van der Waals surface area contributed by atoms with Crippen molar-refractivity contribution in [1.29, 1.82) is 0 Å². The molecule has 4 heteroatoms. The smallest absolute Gasteiger partial charge is 0.257 e. The summed E-state index contributed by atoms with van der Waals surface area (Å²) in [6, 6.07) is 18.2. The molecule has 1 amide bonds. The number of carbonyl (C=O) groups is 1. The monoisotopic (exact) mass is 359 g/mol. The van der Waals surface area contributed by atoms with Crippen LogP contribution in [-0.2, 0) is 6.54 Å².